The van der Waals surface area contributed by atoms with Gasteiger partial charge in [0.1, 0.15) is 6.26 Å². The molecule has 82 valence electrons. The molecule has 1 aliphatic rings. The highest BCUT2D eigenvalue weighted by molar-refractivity contribution is 5.93. The van der Waals surface area contributed by atoms with Gasteiger partial charge in [-0.15, -0.1) is 0 Å². The second-order valence-corrected chi connectivity index (χ2v) is 3.97. The molecule has 2 rings (SSSR count). The van der Waals surface area contributed by atoms with Crippen molar-refractivity contribution in [2.24, 2.45) is 5.92 Å². The van der Waals surface area contributed by atoms with Gasteiger partial charge in [-0.2, -0.15) is 0 Å². The van der Waals surface area contributed by atoms with Gasteiger partial charge >= 0.3 is 0 Å². The van der Waals surface area contributed by atoms with Crippen LogP contribution in [0.15, 0.2) is 23.0 Å². The van der Waals surface area contributed by atoms with Crippen LogP contribution in [0.2, 0.25) is 0 Å². The summed E-state index contributed by atoms with van der Waals surface area (Å²) in [6, 6.07) is 1.75. The molecule has 1 heterocycles. The summed E-state index contributed by atoms with van der Waals surface area (Å²) in [5, 5.41) is 12.0. The molecule has 1 fully saturated rings. The second kappa shape index (κ2) is 4.49. The van der Waals surface area contributed by atoms with Crippen LogP contribution in [0.1, 0.15) is 29.6 Å². The van der Waals surface area contributed by atoms with E-state index in [2.05, 4.69) is 5.32 Å². The molecule has 4 heteroatoms. The van der Waals surface area contributed by atoms with Crippen LogP contribution in [-0.2, 0) is 0 Å². The standard InChI is InChI=1S/C11H15NO3/c13-6-8-2-1-3-10(8)12-11(14)9-4-5-15-7-9/h4-5,7-8,10,13H,1-3,6H2,(H,12,14). The highest BCUT2D eigenvalue weighted by atomic mass is 16.3. The van der Waals surface area contributed by atoms with Gasteiger partial charge < -0.3 is 14.8 Å². The predicted octanol–water partition coefficient (Wildman–Crippen LogP) is 1.17. The number of carbonyl (C=O) groups is 1. The minimum atomic E-state index is -0.117. The first-order valence-corrected chi connectivity index (χ1v) is 5.25. The number of hydrogen-bond donors (Lipinski definition) is 2. The summed E-state index contributed by atoms with van der Waals surface area (Å²) in [6.45, 7) is 0.149. The first kappa shape index (κ1) is 10.2. The second-order valence-electron chi connectivity index (χ2n) is 3.97. The Morgan fingerprint density at radius 3 is 3.13 bits per heavy atom. The van der Waals surface area contributed by atoms with Crippen LogP contribution in [-0.4, -0.2) is 23.7 Å². The fraction of sp³-hybridized carbons (Fsp3) is 0.545. The van der Waals surface area contributed by atoms with E-state index in [1.807, 2.05) is 0 Å². The lowest BCUT2D eigenvalue weighted by Gasteiger charge is -2.18. The van der Waals surface area contributed by atoms with Gasteiger partial charge in [0.05, 0.1) is 11.8 Å². The van der Waals surface area contributed by atoms with E-state index in [1.165, 1.54) is 12.5 Å². The van der Waals surface area contributed by atoms with Crippen molar-refractivity contribution in [3.8, 4) is 0 Å². The van der Waals surface area contributed by atoms with Gasteiger partial charge in [-0.25, -0.2) is 0 Å². The average Bonchev–Trinajstić information content (AvgIpc) is 2.87. The number of aliphatic hydroxyl groups excluding tert-OH is 1. The quantitative estimate of drug-likeness (QED) is 0.785. The van der Waals surface area contributed by atoms with E-state index < -0.39 is 0 Å². The van der Waals surface area contributed by atoms with Crippen LogP contribution >= 0.6 is 0 Å². The van der Waals surface area contributed by atoms with E-state index >= 15 is 0 Å². The highest BCUT2D eigenvalue weighted by Gasteiger charge is 2.28. The Bertz CT molecular complexity index is 321. The van der Waals surface area contributed by atoms with Gasteiger partial charge in [0.2, 0.25) is 0 Å². The molecular weight excluding hydrogens is 194 g/mol. The van der Waals surface area contributed by atoms with E-state index in [9.17, 15) is 4.79 Å². The number of furan rings is 1. The van der Waals surface area contributed by atoms with Crippen molar-refractivity contribution in [3.05, 3.63) is 24.2 Å². The maximum atomic E-state index is 11.7. The van der Waals surface area contributed by atoms with E-state index in [4.69, 9.17) is 9.52 Å². The summed E-state index contributed by atoms with van der Waals surface area (Å²) in [6.07, 6.45) is 5.93. The lowest BCUT2D eigenvalue weighted by Crippen LogP contribution is -2.38. The van der Waals surface area contributed by atoms with Crippen molar-refractivity contribution in [1.82, 2.24) is 5.32 Å². The monoisotopic (exact) mass is 209 g/mol. The molecule has 0 aliphatic heterocycles. The Morgan fingerprint density at radius 2 is 2.47 bits per heavy atom. The van der Waals surface area contributed by atoms with Gasteiger partial charge in [-0.05, 0) is 18.9 Å². The fourth-order valence-electron chi connectivity index (χ4n) is 2.09. The van der Waals surface area contributed by atoms with Crippen LogP contribution in [0, 0.1) is 5.92 Å². The molecule has 2 unspecified atom stereocenters. The van der Waals surface area contributed by atoms with E-state index in [0.29, 0.717) is 5.56 Å². The topological polar surface area (TPSA) is 62.5 Å². The molecule has 1 aromatic rings. The SMILES string of the molecule is O=C(NC1CCCC1CO)c1ccoc1. The number of hydrogen-bond acceptors (Lipinski definition) is 3. The van der Waals surface area contributed by atoms with E-state index in [1.54, 1.807) is 6.07 Å². The minimum absolute atomic E-state index is 0.109. The van der Waals surface area contributed by atoms with Gasteiger partial charge in [0, 0.05) is 18.6 Å². The smallest absolute Gasteiger partial charge is 0.254 e. The highest BCUT2D eigenvalue weighted by Crippen LogP contribution is 2.25. The molecule has 0 saturated heterocycles. The maximum absolute atomic E-state index is 11.7. The molecule has 1 aromatic heterocycles. The maximum Gasteiger partial charge on any atom is 0.254 e. The van der Waals surface area contributed by atoms with Crippen LogP contribution in [0.25, 0.3) is 0 Å². The lowest BCUT2D eigenvalue weighted by molar-refractivity contribution is 0.0915. The van der Waals surface area contributed by atoms with Crippen molar-refractivity contribution in [3.63, 3.8) is 0 Å². The molecule has 0 spiro atoms. The van der Waals surface area contributed by atoms with Crippen molar-refractivity contribution >= 4 is 5.91 Å². The third kappa shape index (κ3) is 2.21. The predicted molar refractivity (Wildman–Crippen MR) is 54.4 cm³/mol. The summed E-state index contributed by atoms with van der Waals surface area (Å²) in [7, 11) is 0. The molecule has 1 aliphatic carbocycles. The first-order chi connectivity index (χ1) is 7.31. The summed E-state index contributed by atoms with van der Waals surface area (Å²) >= 11 is 0. The lowest BCUT2D eigenvalue weighted by atomic mass is 10.0. The Balaban J connectivity index is 1.94. The van der Waals surface area contributed by atoms with Crippen LogP contribution in [0.4, 0.5) is 0 Å². The van der Waals surface area contributed by atoms with Crippen molar-refractivity contribution in [2.75, 3.05) is 6.61 Å². The molecule has 0 aromatic carbocycles. The number of aliphatic hydroxyl groups is 1. The van der Waals surface area contributed by atoms with E-state index in [-0.39, 0.29) is 24.5 Å². The average molecular weight is 209 g/mol. The Kier molecular flexibility index (Phi) is 3.06. The Hall–Kier alpha value is -1.29. The molecular formula is C11H15NO3. The summed E-state index contributed by atoms with van der Waals surface area (Å²) in [4.78, 5) is 11.7. The molecule has 0 bridgehead atoms. The molecule has 2 atom stereocenters. The summed E-state index contributed by atoms with van der Waals surface area (Å²) < 4.78 is 4.84. The van der Waals surface area contributed by atoms with E-state index in [0.717, 1.165) is 19.3 Å². The van der Waals surface area contributed by atoms with Crippen LogP contribution in [0.3, 0.4) is 0 Å². The zero-order valence-electron chi connectivity index (χ0n) is 8.48. The van der Waals surface area contributed by atoms with Gasteiger partial charge in [-0.1, -0.05) is 6.42 Å². The third-order valence-corrected chi connectivity index (χ3v) is 2.99. The van der Waals surface area contributed by atoms with Crippen LogP contribution in [0.5, 0.6) is 0 Å². The normalized spacial score (nSPS) is 25.4. The number of rotatable bonds is 3. The molecule has 1 saturated carbocycles. The van der Waals surface area contributed by atoms with Crippen molar-refractivity contribution < 1.29 is 14.3 Å². The largest absolute Gasteiger partial charge is 0.472 e. The summed E-state index contributed by atoms with van der Waals surface area (Å²) in [5.41, 5.74) is 0.540. The number of amides is 1. The zero-order chi connectivity index (χ0) is 10.7. The van der Waals surface area contributed by atoms with Gasteiger partial charge in [0.15, 0.2) is 0 Å². The number of nitrogens with one attached hydrogen (secondary N) is 1. The molecule has 1 amide bonds. The molecule has 4 nitrogen and oxygen atoms in total. The Labute approximate surface area is 88.3 Å². The summed E-state index contributed by atoms with van der Waals surface area (Å²) in [5.74, 6) is 0.0925. The zero-order valence-corrected chi connectivity index (χ0v) is 8.48. The first-order valence-electron chi connectivity index (χ1n) is 5.25. The third-order valence-electron chi connectivity index (χ3n) is 2.99. The van der Waals surface area contributed by atoms with Crippen LogP contribution < -0.4 is 5.32 Å². The van der Waals surface area contributed by atoms with Crippen molar-refractivity contribution in [1.29, 1.82) is 0 Å². The van der Waals surface area contributed by atoms with Gasteiger partial charge in [0.25, 0.3) is 5.91 Å². The Morgan fingerprint density at radius 1 is 1.60 bits per heavy atom. The molecule has 0 radical (unpaired) electrons. The minimum Gasteiger partial charge on any atom is -0.472 e. The fourth-order valence-corrected chi connectivity index (χ4v) is 2.09. The van der Waals surface area contributed by atoms with Gasteiger partial charge in [-0.3, -0.25) is 4.79 Å². The van der Waals surface area contributed by atoms with Crippen molar-refractivity contribution in [2.45, 2.75) is 25.3 Å². The number of carbonyl (C=O) groups excluding carboxylic acids is 1. The molecule has 2 N–H and O–H groups in total. The molecule has 15 heavy (non-hydrogen) atoms.